The smallest absolute Gasteiger partial charge is 0.106 e. The maximum absolute atomic E-state index is 10.3. The summed E-state index contributed by atoms with van der Waals surface area (Å²) in [6.45, 7) is 8.49. The molecule has 0 spiro atoms. The molecule has 0 aliphatic rings. The van der Waals surface area contributed by atoms with E-state index < -0.39 is 6.10 Å². The molecule has 17 heavy (non-hydrogen) atoms. The molecule has 0 fully saturated rings. The standard InChI is InChI=1S/C12H21BrN2OS/c1-5-9(4)17-7-11(16)12-10(13)6-14-15(12)8(2)3/h6,8-9,11,16H,5,7H2,1-4H3. The minimum Gasteiger partial charge on any atom is -0.386 e. The molecule has 2 unspecified atom stereocenters. The zero-order chi connectivity index (χ0) is 13.0. The Bertz CT molecular complexity index is 354. The molecule has 3 nitrogen and oxygen atoms in total. The molecule has 0 aliphatic carbocycles. The number of rotatable bonds is 6. The molecule has 0 aliphatic heterocycles. The van der Waals surface area contributed by atoms with Gasteiger partial charge in [-0.1, -0.05) is 13.8 Å². The van der Waals surface area contributed by atoms with Crippen LogP contribution in [0.4, 0.5) is 0 Å². The molecule has 0 aromatic carbocycles. The van der Waals surface area contributed by atoms with Gasteiger partial charge in [-0.3, -0.25) is 4.68 Å². The van der Waals surface area contributed by atoms with Crippen molar-refractivity contribution in [3.05, 3.63) is 16.4 Å². The van der Waals surface area contributed by atoms with Crippen molar-refractivity contribution >= 4 is 27.7 Å². The predicted molar refractivity (Wildman–Crippen MR) is 77.5 cm³/mol. The van der Waals surface area contributed by atoms with Crippen LogP contribution in [0.15, 0.2) is 10.7 Å². The van der Waals surface area contributed by atoms with Crippen LogP contribution in [0.25, 0.3) is 0 Å². The van der Waals surface area contributed by atoms with E-state index in [4.69, 9.17) is 0 Å². The second-order valence-electron chi connectivity index (χ2n) is 4.48. The number of hydrogen-bond donors (Lipinski definition) is 1. The Morgan fingerprint density at radius 2 is 2.12 bits per heavy atom. The van der Waals surface area contributed by atoms with Gasteiger partial charge in [-0.2, -0.15) is 16.9 Å². The fraction of sp³-hybridized carbons (Fsp3) is 0.750. The third-order valence-electron chi connectivity index (χ3n) is 2.71. The fourth-order valence-corrected chi connectivity index (χ4v) is 2.97. The second-order valence-corrected chi connectivity index (χ2v) is 6.81. The molecule has 0 bridgehead atoms. The van der Waals surface area contributed by atoms with E-state index in [2.05, 4.69) is 48.7 Å². The summed E-state index contributed by atoms with van der Waals surface area (Å²) < 4.78 is 2.77. The molecule has 1 N–H and O–H groups in total. The summed E-state index contributed by atoms with van der Waals surface area (Å²) in [4.78, 5) is 0. The highest BCUT2D eigenvalue weighted by Gasteiger charge is 2.19. The molecule has 0 saturated carbocycles. The Morgan fingerprint density at radius 1 is 1.47 bits per heavy atom. The summed E-state index contributed by atoms with van der Waals surface area (Å²) in [7, 11) is 0. The first-order valence-electron chi connectivity index (χ1n) is 5.99. The van der Waals surface area contributed by atoms with Gasteiger partial charge in [0.05, 0.1) is 16.4 Å². The third-order valence-corrected chi connectivity index (χ3v) is 4.73. The Labute approximate surface area is 116 Å². The van der Waals surface area contributed by atoms with Crippen molar-refractivity contribution in [1.82, 2.24) is 9.78 Å². The molecule has 0 amide bonds. The Kier molecular flexibility index (Phi) is 6.03. The lowest BCUT2D eigenvalue weighted by Gasteiger charge is -2.17. The summed E-state index contributed by atoms with van der Waals surface area (Å²) in [5, 5.41) is 15.1. The number of aliphatic hydroxyl groups is 1. The SMILES string of the molecule is CCC(C)SCC(O)c1c(Br)cnn1C(C)C. The molecule has 1 rings (SSSR count). The quantitative estimate of drug-likeness (QED) is 0.866. The monoisotopic (exact) mass is 320 g/mol. The van der Waals surface area contributed by atoms with Gasteiger partial charge < -0.3 is 5.11 Å². The van der Waals surface area contributed by atoms with Crippen LogP contribution in [0.5, 0.6) is 0 Å². The summed E-state index contributed by atoms with van der Waals surface area (Å²) in [5.41, 5.74) is 0.885. The molecule has 0 radical (unpaired) electrons. The van der Waals surface area contributed by atoms with Crippen molar-refractivity contribution in [2.45, 2.75) is 51.5 Å². The maximum atomic E-state index is 10.3. The second kappa shape index (κ2) is 6.81. The molecular formula is C12H21BrN2OS. The molecule has 5 heteroatoms. The van der Waals surface area contributed by atoms with Crippen LogP contribution >= 0.6 is 27.7 Å². The summed E-state index contributed by atoms with van der Waals surface area (Å²) in [6, 6.07) is 0.263. The van der Waals surface area contributed by atoms with E-state index >= 15 is 0 Å². The molecule has 98 valence electrons. The van der Waals surface area contributed by atoms with E-state index in [1.165, 1.54) is 0 Å². The zero-order valence-corrected chi connectivity index (χ0v) is 13.3. The highest BCUT2D eigenvalue weighted by Crippen LogP contribution is 2.29. The molecule has 2 atom stereocenters. The predicted octanol–water partition coefficient (Wildman–Crippen LogP) is 3.79. The highest BCUT2D eigenvalue weighted by molar-refractivity contribution is 9.10. The fourth-order valence-electron chi connectivity index (χ4n) is 1.53. The number of nitrogens with zero attached hydrogens (tertiary/aromatic N) is 2. The molecule has 1 heterocycles. The summed E-state index contributed by atoms with van der Waals surface area (Å²) >= 11 is 5.26. The molecule has 1 aromatic heterocycles. The van der Waals surface area contributed by atoms with Gasteiger partial charge in [0.25, 0.3) is 0 Å². The van der Waals surface area contributed by atoms with Crippen molar-refractivity contribution < 1.29 is 5.11 Å². The van der Waals surface area contributed by atoms with Gasteiger partial charge in [-0.15, -0.1) is 0 Å². The lowest BCUT2D eigenvalue weighted by Crippen LogP contribution is -2.14. The number of aromatic nitrogens is 2. The zero-order valence-electron chi connectivity index (χ0n) is 10.9. The van der Waals surface area contributed by atoms with Crippen molar-refractivity contribution in [2.75, 3.05) is 5.75 Å². The van der Waals surface area contributed by atoms with Gasteiger partial charge in [-0.05, 0) is 36.2 Å². The lowest BCUT2D eigenvalue weighted by molar-refractivity contribution is 0.188. The number of aliphatic hydroxyl groups excluding tert-OH is 1. The number of hydrogen-bond acceptors (Lipinski definition) is 3. The molecule has 1 aromatic rings. The third kappa shape index (κ3) is 4.00. The van der Waals surface area contributed by atoms with Crippen LogP contribution < -0.4 is 0 Å². The van der Waals surface area contributed by atoms with Crippen LogP contribution in [-0.2, 0) is 0 Å². The van der Waals surface area contributed by atoms with Crippen molar-refractivity contribution in [2.24, 2.45) is 0 Å². The maximum Gasteiger partial charge on any atom is 0.106 e. The Morgan fingerprint density at radius 3 is 2.65 bits per heavy atom. The van der Waals surface area contributed by atoms with Crippen LogP contribution in [0, 0.1) is 0 Å². The number of thioether (sulfide) groups is 1. The lowest BCUT2D eigenvalue weighted by atomic mass is 10.2. The van der Waals surface area contributed by atoms with Crippen molar-refractivity contribution in [1.29, 1.82) is 0 Å². The Balaban J connectivity index is 2.74. The van der Waals surface area contributed by atoms with E-state index in [9.17, 15) is 5.11 Å². The summed E-state index contributed by atoms with van der Waals surface area (Å²) in [5.74, 6) is 0.714. The first-order valence-corrected chi connectivity index (χ1v) is 7.84. The van der Waals surface area contributed by atoms with E-state index in [1.54, 1.807) is 18.0 Å². The minimum absolute atomic E-state index is 0.263. The van der Waals surface area contributed by atoms with Gasteiger partial charge in [0.1, 0.15) is 6.10 Å². The highest BCUT2D eigenvalue weighted by atomic mass is 79.9. The van der Waals surface area contributed by atoms with E-state index in [0.717, 1.165) is 16.6 Å². The normalized spacial score (nSPS) is 15.2. The largest absolute Gasteiger partial charge is 0.386 e. The first-order chi connectivity index (χ1) is 7.97. The molecule has 0 saturated heterocycles. The average Bonchev–Trinajstić information content (AvgIpc) is 2.67. The Hall–Kier alpha value is 0. The first kappa shape index (κ1) is 15.1. The van der Waals surface area contributed by atoms with Crippen LogP contribution in [0.3, 0.4) is 0 Å². The van der Waals surface area contributed by atoms with Gasteiger partial charge in [0.2, 0.25) is 0 Å². The topological polar surface area (TPSA) is 38.1 Å². The number of halogens is 1. The van der Waals surface area contributed by atoms with E-state index in [-0.39, 0.29) is 6.04 Å². The van der Waals surface area contributed by atoms with Crippen LogP contribution in [0.1, 0.15) is 52.0 Å². The van der Waals surface area contributed by atoms with Crippen molar-refractivity contribution in [3.8, 4) is 0 Å². The van der Waals surface area contributed by atoms with Crippen LogP contribution in [0.2, 0.25) is 0 Å². The van der Waals surface area contributed by atoms with Gasteiger partial charge in [-0.25, -0.2) is 0 Å². The summed E-state index contributed by atoms with van der Waals surface area (Å²) in [6.07, 6.45) is 2.42. The van der Waals surface area contributed by atoms with Gasteiger partial charge in [0, 0.05) is 17.0 Å². The van der Waals surface area contributed by atoms with Gasteiger partial charge in [0.15, 0.2) is 0 Å². The van der Waals surface area contributed by atoms with Crippen LogP contribution in [-0.4, -0.2) is 25.9 Å². The minimum atomic E-state index is -0.465. The average molecular weight is 321 g/mol. The van der Waals surface area contributed by atoms with Crippen molar-refractivity contribution in [3.63, 3.8) is 0 Å². The van der Waals surface area contributed by atoms with E-state index in [0.29, 0.717) is 11.0 Å². The molecular weight excluding hydrogens is 300 g/mol. The van der Waals surface area contributed by atoms with E-state index in [1.807, 2.05) is 4.68 Å². The van der Waals surface area contributed by atoms with Gasteiger partial charge >= 0.3 is 0 Å².